The number of nitrogens with zero attached hydrogens (tertiary/aromatic N) is 4. The summed E-state index contributed by atoms with van der Waals surface area (Å²) in [6.45, 7) is 0. The average Bonchev–Trinajstić information content (AvgIpc) is 3.02. The van der Waals surface area contributed by atoms with Gasteiger partial charge < -0.3 is 5.11 Å². The highest BCUT2D eigenvalue weighted by Crippen LogP contribution is 2.21. The average molecular weight is 470 g/mol. The summed E-state index contributed by atoms with van der Waals surface area (Å²) >= 11 is 0. The molecule has 0 radical (unpaired) electrons. The Balaban J connectivity index is 2.02. The summed E-state index contributed by atoms with van der Waals surface area (Å²) in [5, 5.41) is 18.9. The monoisotopic (exact) mass is 470 g/mol. The number of aromatic nitrogens is 3. The van der Waals surface area contributed by atoms with Gasteiger partial charge in [0, 0.05) is 5.11 Å². The van der Waals surface area contributed by atoms with Crippen LogP contribution in [-0.4, -0.2) is 46.9 Å². The Hall–Kier alpha value is -3.73. The van der Waals surface area contributed by atoms with Crippen LogP contribution in [0, 0.1) is 4.91 Å². The van der Waals surface area contributed by atoms with Crippen LogP contribution in [0.4, 0.5) is 11.5 Å². The van der Waals surface area contributed by atoms with Gasteiger partial charge in [-0.05, 0) is 48.5 Å². The molecule has 162 valence electrons. The minimum atomic E-state index is -4.47. The van der Waals surface area contributed by atoms with Gasteiger partial charge in [0.25, 0.3) is 25.9 Å². The summed E-state index contributed by atoms with van der Waals surface area (Å²) < 4.78 is 62.3. The number of H-pyrrole nitrogens is 1. The molecule has 3 rings (SSSR count). The molecule has 3 aromatic rings. The zero-order valence-electron chi connectivity index (χ0n) is 15.0. The van der Waals surface area contributed by atoms with E-state index in [0.29, 0.717) is 4.80 Å². The fourth-order valence-electron chi connectivity index (χ4n) is 2.34. The lowest BCUT2D eigenvalue weighted by Crippen LogP contribution is -2.26. The number of aromatic amines is 1. The fourth-order valence-corrected chi connectivity index (χ4v) is 3.30. The maximum Gasteiger partial charge on any atom is 0.399 e. The van der Waals surface area contributed by atoms with Crippen molar-refractivity contribution < 1.29 is 40.4 Å². The number of rotatable bonds is 6. The SMILES string of the molecule is O=C(O)c1[nH]n(-c2ccc(S(=O)(=O)O)cc2)[n+](=O)c1N=Nc1ccc(S(=O)(=O)O)cc1. The van der Waals surface area contributed by atoms with Gasteiger partial charge in [-0.25, -0.2) is 4.79 Å². The Morgan fingerprint density at radius 1 is 0.871 bits per heavy atom. The van der Waals surface area contributed by atoms with E-state index in [1.807, 2.05) is 0 Å². The fraction of sp³-hybridized carbons (Fsp3) is 0. The zero-order valence-corrected chi connectivity index (χ0v) is 16.6. The highest BCUT2D eigenvalue weighted by atomic mass is 32.2. The number of carbonyl (C=O) groups is 1. The molecule has 4 N–H and O–H groups in total. The molecule has 1 aromatic heterocycles. The number of hydrogen-bond donors (Lipinski definition) is 4. The second-order valence-corrected chi connectivity index (χ2v) is 8.68. The van der Waals surface area contributed by atoms with Gasteiger partial charge in [-0.1, -0.05) is 14.8 Å². The van der Waals surface area contributed by atoms with E-state index in [9.17, 15) is 31.6 Å². The van der Waals surface area contributed by atoms with Gasteiger partial charge in [0.05, 0.1) is 14.3 Å². The van der Waals surface area contributed by atoms with E-state index in [1.54, 1.807) is 0 Å². The van der Waals surface area contributed by atoms with Crippen molar-refractivity contribution >= 4 is 37.7 Å². The first kappa shape index (κ1) is 22.0. The van der Waals surface area contributed by atoms with Crippen LogP contribution in [0.1, 0.15) is 10.5 Å². The number of carboxylic acids is 1. The summed E-state index contributed by atoms with van der Waals surface area (Å²) in [6, 6.07) is 8.65. The topological polar surface area (TPSA) is 214 Å². The molecule has 0 aliphatic rings. The van der Waals surface area contributed by atoms with Crippen molar-refractivity contribution in [2.75, 3.05) is 0 Å². The first-order valence-corrected chi connectivity index (χ1v) is 10.8. The standard InChI is InChI=1S/C15H11N5O9S2/c21-15(22)13-14(17-16-9-1-5-11(6-2-9)30(24,25)26)20(23)19(18-13)10-3-7-12(8-4-10)31(27,28)29/h1-8H,(H3-,16,18,21,22,23,24,25,26,27,28,29)/p+1. The molecule has 0 bridgehead atoms. The molecule has 0 aliphatic carbocycles. The molecule has 0 unspecified atom stereocenters. The predicted octanol–water partition coefficient (Wildman–Crippen LogP) is 1.33. The van der Waals surface area contributed by atoms with Gasteiger partial charge in [0.15, 0.2) is 0 Å². The molecule has 1 heterocycles. The second kappa shape index (κ2) is 7.84. The molecular formula is C15H12N5O9S2+. The highest BCUT2D eigenvalue weighted by molar-refractivity contribution is 7.86. The van der Waals surface area contributed by atoms with Gasteiger partial charge >= 0.3 is 11.8 Å². The maximum atomic E-state index is 12.5. The van der Waals surface area contributed by atoms with Crippen molar-refractivity contribution in [2.24, 2.45) is 10.2 Å². The first-order valence-electron chi connectivity index (χ1n) is 7.96. The summed E-state index contributed by atoms with van der Waals surface area (Å²) in [6.07, 6.45) is 0. The lowest BCUT2D eigenvalue weighted by molar-refractivity contribution is -0.574. The normalized spacial score (nSPS) is 12.3. The summed E-state index contributed by atoms with van der Waals surface area (Å²) in [5.74, 6) is -2.21. The Bertz CT molecular complexity index is 1450. The van der Waals surface area contributed by atoms with Crippen LogP contribution in [0.15, 0.2) is 68.6 Å². The number of azo groups is 1. The van der Waals surface area contributed by atoms with Crippen molar-refractivity contribution in [1.82, 2.24) is 9.90 Å². The van der Waals surface area contributed by atoms with E-state index >= 15 is 0 Å². The van der Waals surface area contributed by atoms with E-state index in [2.05, 4.69) is 15.3 Å². The van der Waals surface area contributed by atoms with Gasteiger partial charge in [-0.2, -0.15) is 21.9 Å². The van der Waals surface area contributed by atoms with Gasteiger partial charge in [-0.3, -0.25) is 9.11 Å². The van der Waals surface area contributed by atoms with Gasteiger partial charge in [0.1, 0.15) is 11.4 Å². The van der Waals surface area contributed by atoms with Crippen LogP contribution in [0.25, 0.3) is 5.69 Å². The smallest absolute Gasteiger partial charge is 0.399 e. The molecule has 14 nitrogen and oxygen atoms in total. The van der Waals surface area contributed by atoms with Crippen LogP contribution in [0.2, 0.25) is 0 Å². The van der Waals surface area contributed by atoms with E-state index in [-0.39, 0.29) is 15.9 Å². The molecular weight excluding hydrogens is 458 g/mol. The first-order chi connectivity index (χ1) is 14.4. The Labute approximate surface area is 173 Å². The third-order valence-electron chi connectivity index (χ3n) is 3.79. The number of benzene rings is 2. The Morgan fingerprint density at radius 2 is 1.35 bits per heavy atom. The quantitative estimate of drug-likeness (QED) is 0.232. The van der Waals surface area contributed by atoms with E-state index in [0.717, 1.165) is 48.5 Å². The van der Waals surface area contributed by atoms with Crippen molar-refractivity contribution in [3.8, 4) is 5.69 Å². The molecule has 0 saturated heterocycles. The molecule has 0 amide bonds. The van der Waals surface area contributed by atoms with Crippen molar-refractivity contribution in [1.29, 1.82) is 0 Å². The van der Waals surface area contributed by atoms with E-state index in [4.69, 9.17) is 9.11 Å². The predicted molar refractivity (Wildman–Crippen MR) is 101 cm³/mol. The van der Waals surface area contributed by atoms with Gasteiger partial charge in [0.2, 0.25) is 0 Å². The maximum absolute atomic E-state index is 12.5. The lowest BCUT2D eigenvalue weighted by Gasteiger charge is -1.98. The summed E-state index contributed by atoms with van der Waals surface area (Å²) in [7, 11) is -8.88. The minimum Gasteiger partial charge on any atom is -0.475 e. The number of hydrogen-bond acceptors (Lipinski definition) is 8. The third-order valence-corrected chi connectivity index (χ3v) is 5.53. The zero-order chi connectivity index (χ0) is 23.0. The molecule has 2 aromatic carbocycles. The molecule has 0 saturated carbocycles. The molecule has 0 aliphatic heterocycles. The van der Waals surface area contributed by atoms with Crippen molar-refractivity contribution in [2.45, 2.75) is 9.79 Å². The van der Waals surface area contributed by atoms with Crippen LogP contribution in [-0.2, 0) is 20.2 Å². The number of carboxylic acid groups (broad SMARTS) is 1. The number of nitrogens with one attached hydrogen (secondary N) is 1. The van der Waals surface area contributed by atoms with Crippen LogP contribution in [0.3, 0.4) is 0 Å². The Morgan fingerprint density at radius 3 is 1.81 bits per heavy atom. The van der Waals surface area contributed by atoms with E-state index in [1.165, 1.54) is 0 Å². The van der Waals surface area contributed by atoms with E-state index < -0.39 is 47.5 Å². The van der Waals surface area contributed by atoms with Gasteiger partial charge in [-0.15, -0.1) is 0 Å². The Kier molecular flexibility index (Phi) is 5.55. The highest BCUT2D eigenvalue weighted by Gasteiger charge is 2.29. The third kappa shape index (κ3) is 4.72. The minimum absolute atomic E-state index is 0.0175. The van der Waals surface area contributed by atoms with Crippen molar-refractivity contribution in [3.05, 3.63) is 59.1 Å². The van der Waals surface area contributed by atoms with Crippen LogP contribution in [0.5, 0.6) is 0 Å². The lowest BCUT2D eigenvalue weighted by atomic mass is 10.3. The number of aromatic carboxylic acids is 1. The molecule has 0 atom stereocenters. The molecule has 0 fully saturated rings. The second-order valence-electron chi connectivity index (χ2n) is 5.84. The summed E-state index contributed by atoms with van der Waals surface area (Å²) in [4.78, 5) is 23.9. The largest absolute Gasteiger partial charge is 0.475 e. The molecule has 16 heteroatoms. The molecule has 31 heavy (non-hydrogen) atoms. The van der Waals surface area contributed by atoms with Crippen LogP contribution >= 0.6 is 0 Å². The summed E-state index contributed by atoms with van der Waals surface area (Å²) in [5.41, 5.74) is -0.579. The van der Waals surface area contributed by atoms with Crippen LogP contribution < -0.4 is 4.54 Å². The molecule has 0 spiro atoms. The van der Waals surface area contributed by atoms with Crippen molar-refractivity contribution in [3.63, 3.8) is 0 Å².